The lowest BCUT2D eigenvalue weighted by atomic mass is 10.1. The van der Waals surface area contributed by atoms with Gasteiger partial charge in [-0.05, 0) is 19.3 Å². The largest absolute Gasteiger partial charge is 0.465 e. The monoisotopic (exact) mass is 326 g/mol. The van der Waals surface area contributed by atoms with Crippen LogP contribution in [0, 0.1) is 5.92 Å². The lowest BCUT2D eigenvalue weighted by Gasteiger charge is -2.15. The summed E-state index contributed by atoms with van der Waals surface area (Å²) in [5, 5.41) is 3.99. The molecule has 2 heterocycles. The van der Waals surface area contributed by atoms with Crippen molar-refractivity contribution in [2.24, 2.45) is 10.9 Å². The van der Waals surface area contributed by atoms with Crippen molar-refractivity contribution in [2.75, 3.05) is 24.7 Å². The zero-order valence-corrected chi connectivity index (χ0v) is 13.2. The maximum atomic E-state index is 11.6. The van der Waals surface area contributed by atoms with Crippen molar-refractivity contribution >= 4 is 41.0 Å². The summed E-state index contributed by atoms with van der Waals surface area (Å²) in [6.45, 7) is 2.50. The number of anilines is 1. The van der Waals surface area contributed by atoms with Gasteiger partial charge in [0.2, 0.25) is 0 Å². The van der Waals surface area contributed by atoms with Crippen LogP contribution in [0.25, 0.3) is 0 Å². The number of halogens is 1. The van der Waals surface area contributed by atoms with E-state index in [1.807, 2.05) is 6.26 Å². The van der Waals surface area contributed by atoms with E-state index in [1.165, 1.54) is 11.8 Å². The van der Waals surface area contributed by atoms with E-state index >= 15 is 0 Å². The third-order valence-electron chi connectivity index (χ3n) is 2.65. The zero-order valence-electron chi connectivity index (χ0n) is 11.7. The second-order valence-corrected chi connectivity index (χ2v) is 5.29. The van der Waals surface area contributed by atoms with Crippen LogP contribution in [0.15, 0.2) is 28.4 Å². The molecule has 0 fully saturated rings. The van der Waals surface area contributed by atoms with E-state index in [-0.39, 0.29) is 11.9 Å². The van der Waals surface area contributed by atoms with Crippen LogP contribution in [-0.4, -0.2) is 41.2 Å². The highest BCUT2D eigenvalue weighted by Crippen LogP contribution is 2.18. The summed E-state index contributed by atoms with van der Waals surface area (Å²) in [5.41, 5.74) is 0. The van der Waals surface area contributed by atoms with Crippen LogP contribution >= 0.6 is 23.4 Å². The fourth-order valence-electron chi connectivity index (χ4n) is 1.68. The van der Waals surface area contributed by atoms with Crippen molar-refractivity contribution < 1.29 is 9.53 Å². The molecule has 0 radical (unpaired) electrons. The maximum Gasteiger partial charge on any atom is 0.314 e. The molecule has 0 aromatic carbocycles. The number of aliphatic imine (C=N–C) groups is 1. The predicted octanol–water partition coefficient (Wildman–Crippen LogP) is 2.41. The number of thioether (sulfide) groups is 1. The van der Waals surface area contributed by atoms with Gasteiger partial charge in [-0.3, -0.25) is 9.79 Å². The molecule has 0 saturated heterocycles. The van der Waals surface area contributed by atoms with Gasteiger partial charge in [0.05, 0.1) is 19.1 Å². The fraction of sp³-hybridized carbons (Fsp3) is 0.385. The Hall–Kier alpha value is -1.60. The van der Waals surface area contributed by atoms with Gasteiger partial charge in [0.1, 0.15) is 16.8 Å². The predicted molar refractivity (Wildman–Crippen MR) is 84.0 cm³/mol. The summed E-state index contributed by atoms with van der Waals surface area (Å²) in [7, 11) is 0. The lowest BCUT2D eigenvalue weighted by molar-refractivity contribution is -0.145. The molecule has 8 heteroatoms. The Balaban J connectivity index is 2.01. The molecule has 1 aliphatic rings. The lowest BCUT2D eigenvalue weighted by Crippen LogP contribution is -2.24. The number of rotatable bonds is 4. The van der Waals surface area contributed by atoms with Crippen LogP contribution in [0.3, 0.4) is 0 Å². The first-order valence-corrected chi connectivity index (χ1v) is 7.97. The maximum absolute atomic E-state index is 11.6. The molecule has 0 aliphatic carbocycles. The van der Waals surface area contributed by atoms with Crippen LogP contribution in [0.2, 0.25) is 5.15 Å². The molecule has 2 rings (SSSR count). The highest BCUT2D eigenvalue weighted by molar-refractivity contribution is 7.98. The first-order valence-electron chi connectivity index (χ1n) is 6.37. The van der Waals surface area contributed by atoms with E-state index in [0.717, 1.165) is 0 Å². The summed E-state index contributed by atoms with van der Waals surface area (Å²) >= 11 is 7.33. The van der Waals surface area contributed by atoms with Crippen LogP contribution in [0.1, 0.15) is 6.92 Å². The number of aromatic nitrogens is 2. The normalized spacial score (nSPS) is 17.3. The zero-order chi connectivity index (χ0) is 15.2. The number of esters is 1. The second kappa shape index (κ2) is 7.42. The molecule has 1 N–H and O–H groups in total. The summed E-state index contributed by atoms with van der Waals surface area (Å²) in [6.07, 6.45) is 5.38. The Bertz CT molecular complexity index is 592. The molecule has 1 aromatic heterocycles. The number of dihydropyridines is 1. The van der Waals surface area contributed by atoms with Crippen LogP contribution in [-0.2, 0) is 9.53 Å². The average Bonchev–Trinajstić information content (AvgIpc) is 2.47. The van der Waals surface area contributed by atoms with Gasteiger partial charge in [-0.1, -0.05) is 29.4 Å². The highest BCUT2D eigenvalue weighted by atomic mass is 35.5. The molecule has 1 aliphatic heterocycles. The molecule has 1 aromatic rings. The van der Waals surface area contributed by atoms with Crippen molar-refractivity contribution in [3.05, 3.63) is 23.4 Å². The van der Waals surface area contributed by atoms with Gasteiger partial charge < -0.3 is 10.1 Å². The highest BCUT2D eigenvalue weighted by Gasteiger charge is 2.19. The summed E-state index contributed by atoms with van der Waals surface area (Å²) in [6, 6.07) is 1.62. The molecule has 21 heavy (non-hydrogen) atoms. The Morgan fingerprint density at radius 3 is 3.00 bits per heavy atom. The topological polar surface area (TPSA) is 76.5 Å². The number of ether oxygens (including phenoxy) is 1. The molecular formula is C13H15ClN4O2S. The van der Waals surface area contributed by atoms with Crippen molar-refractivity contribution in [3.8, 4) is 0 Å². The van der Waals surface area contributed by atoms with Crippen LogP contribution in [0.5, 0.6) is 0 Å². The van der Waals surface area contributed by atoms with E-state index in [2.05, 4.69) is 20.3 Å². The number of hydrogen-bond donors (Lipinski definition) is 1. The minimum Gasteiger partial charge on any atom is -0.465 e. The molecule has 0 spiro atoms. The van der Waals surface area contributed by atoms with Gasteiger partial charge in [-0.25, -0.2) is 9.97 Å². The molecule has 112 valence electrons. The number of nitrogens with one attached hydrogen (secondary N) is 1. The van der Waals surface area contributed by atoms with E-state index in [1.54, 1.807) is 25.1 Å². The Morgan fingerprint density at radius 1 is 1.57 bits per heavy atom. The van der Waals surface area contributed by atoms with Crippen molar-refractivity contribution in [2.45, 2.75) is 12.1 Å². The number of carbonyl (C=O) groups excluding carboxylic acids is 1. The summed E-state index contributed by atoms with van der Waals surface area (Å²) in [5.74, 6) is 0.604. The fourth-order valence-corrected chi connectivity index (χ4v) is 2.30. The first-order chi connectivity index (χ1) is 10.1. The van der Waals surface area contributed by atoms with E-state index in [4.69, 9.17) is 16.3 Å². The molecule has 6 nitrogen and oxygen atoms in total. The first kappa shape index (κ1) is 15.8. The van der Waals surface area contributed by atoms with Crippen LogP contribution in [0.4, 0.5) is 5.82 Å². The van der Waals surface area contributed by atoms with Gasteiger partial charge in [0.15, 0.2) is 5.16 Å². The van der Waals surface area contributed by atoms with Crippen LogP contribution < -0.4 is 5.32 Å². The third kappa shape index (κ3) is 4.44. The van der Waals surface area contributed by atoms with E-state index in [9.17, 15) is 4.79 Å². The van der Waals surface area contributed by atoms with Gasteiger partial charge in [0, 0.05) is 6.07 Å². The molecule has 0 amide bonds. The molecule has 1 atom stereocenters. The Labute approximate surface area is 132 Å². The molecular weight excluding hydrogens is 312 g/mol. The quantitative estimate of drug-likeness (QED) is 0.396. The molecule has 1 unspecified atom stereocenters. The van der Waals surface area contributed by atoms with Crippen molar-refractivity contribution in [3.63, 3.8) is 0 Å². The number of amidine groups is 1. The second-order valence-electron chi connectivity index (χ2n) is 4.13. The van der Waals surface area contributed by atoms with Crippen molar-refractivity contribution in [1.29, 1.82) is 0 Å². The number of hydrogen-bond acceptors (Lipinski definition) is 7. The van der Waals surface area contributed by atoms with Gasteiger partial charge >= 0.3 is 5.97 Å². The van der Waals surface area contributed by atoms with Gasteiger partial charge in [0.25, 0.3) is 0 Å². The minimum atomic E-state index is -0.328. The Kier molecular flexibility index (Phi) is 5.58. The van der Waals surface area contributed by atoms with Crippen molar-refractivity contribution in [1.82, 2.24) is 9.97 Å². The summed E-state index contributed by atoms with van der Waals surface area (Å²) < 4.78 is 4.96. The summed E-state index contributed by atoms with van der Waals surface area (Å²) in [4.78, 5) is 24.2. The molecule has 0 saturated carbocycles. The van der Waals surface area contributed by atoms with Gasteiger partial charge in [-0.2, -0.15) is 0 Å². The standard InChI is InChI=1S/C13H15ClN4O2S/c1-3-20-12(19)8-4-5-10(15-7-8)17-11-6-9(14)16-13(18-11)21-2/h4-6,8H,3,7H2,1-2H3,(H,15,16,17,18). The Morgan fingerprint density at radius 2 is 2.38 bits per heavy atom. The van der Waals surface area contributed by atoms with E-state index < -0.39 is 0 Å². The number of carbonyl (C=O) groups is 1. The minimum absolute atomic E-state index is 0.258. The van der Waals surface area contributed by atoms with Gasteiger partial charge in [-0.15, -0.1) is 0 Å². The SMILES string of the molecule is CCOC(=O)C1C=CC(Nc2cc(Cl)nc(SC)n2)=NC1. The molecule has 0 bridgehead atoms. The smallest absolute Gasteiger partial charge is 0.314 e. The average molecular weight is 327 g/mol. The van der Waals surface area contributed by atoms with E-state index in [0.29, 0.717) is 35.1 Å². The number of nitrogens with zero attached hydrogens (tertiary/aromatic N) is 3. The third-order valence-corrected chi connectivity index (χ3v) is 3.39.